The van der Waals surface area contributed by atoms with Crippen LogP contribution in [-0.4, -0.2) is 30.8 Å². The lowest BCUT2D eigenvalue weighted by Gasteiger charge is -2.17. The summed E-state index contributed by atoms with van der Waals surface area (Å²) in [6, 6.07) is 13.0. The quantitative estimate of drug-likeness (QED) is 0.776. The molecule has 0 saturated heterocycles. The van der Waals surface area contributed by atoms with Gasteiger partial charge in [0.2, 0.25) is 0 Å². The molecule has 5 heteroatoms. The van der Waals surface area contributed by atoms with Crippen LogP contribution in [0.1, 0.15) is 58.0 Å². The van der Waals surface area contributed by atoms with Crippen LogP contribution in [0.2, 0.25) is 0 Å². The lowest BCUT2D eigenvalue weighted by atomic mass is 10.00. The van der Waals surface area contributed by atoms with E-state index in [9.17, 15) is 9.59 Å². The van der Waals surface area contributed by atoms with E-state index in [4.69, 9.17) is 4.74 Å². The van der Waals surface area contributed by atoms with E-state index < -0.39 is 6.10 Å². The Morgan fingerprint density at radius 2 is 1.96 bits per heavy atom. The van der Waals surface area contributed by atoms with Crippen LogP contribution in [0.4, 0.5) is 0 Å². The molecule has 1 aromatic carbocycles. The molecule has 1 amide bonds. The van der Waals surface area contributed by atoms with Crippen molar-refractivity contribution in [3.05, 3.63) is 65.0 Å². The van der Waals surface area contributed by atoms with Gasteiger partial charge < -0.3 is 10.1 Å². The van der Waals surface area contributed by atoms with E-state index >= 15 is 0 Å². The first-order valence-electron chi connectivity index (χ1n) is 8.88. The Labute approximate surface area is 153 Å². The summed E-state index contributed by atoms with van der Waals surface area (Å²) in [5, 5.41) is 2.58. The van der Waals surface area contributed by atoms with E-state index in [1.165, 1.54) is 0 Å². The molecule has 136 valence electrons. The lowest BCUT2D eigenvalue weighted by Crippen LogP contribution is -2.21. The Hall–Kier alpha value is -2.53. The van der Waals surface area contributed by atoms with Crippen molar-refractivity contribution in [2.75, 3.05) is 14.2 Å². The summed E-state index contributed by atoms with van der Waals surface area (Å²) < 4.78 is 5.63. The number of amides is 1. The van der Waals surface area contributed by atoms with Crippen molar-refractivity contribution in [3.8, 4) is 0 Å². The normalized spacial score (nSPS) is 19.7. The monoisotopic (exact) mass is 352 g/mol. The minimum absolute atomic E-state index is 0.0519. The standard InChI is InChI=1S/C21H24N2O3/c1-13-9-15(13)12-19(24)16-10-17(23-18(11-16)21(25)22-2)20(26-3)14-7-5-4-6-8-14/h4-8,10-11,13,15,20H,9,12H2,1-3H3,(H,22,25)/t13-,15+,20?/m0/s1. The number of pyridine rings is 1. The van der Waals surface area contributed by atoms with Crippen molar-refractivity contribution in [1.29, 1.82) is 0 Å². The Bertz CT molecular complexity index is 804. The molecular formula is C21H24N2O3. The third-order valence-electron chi connectivity index (χ3n) is 4.96. The number of benzene rings is 1. The fraction of sp³-hybridized carbons (Fsp3) is 0.381. The van der Waals surface area contributed by atoms with Crippen molar-refractivity contribution in [2.24, 2.45) is 11.8 Å². The molecule has 2 aromatic rings. The van der Waals surface area contributed by atoms with Crippen molar-refractivity contribution in [2.45, 2.75) is 25.9 Å². The molecule has 0 radical (unpaired) electrons. The number of hydrogen-bond acceptors (Lipinski definition) is 4. The van der Waals surface area contributed by atoms with Gasteiger partial charge in [0, 0.05) is 26.1 Å². The van der Waals surface area contributed by atoms with Gasteiger partial charge in [0.1, 0.15) is 11.8 Å². The van der Waals surface area contributed by atoms with Gasteiger partial charge in [-0.2, -0.15) is 0 Å². The number of carbonyl (C=O) groups excluding carboxylic acids is 2. The van der Waals surface area contributed by atoms with E-state index in [0.29, 0.717) is 29.5 Å². The maximum absolute atomic E-state index is 12.7. The van der Waals surface area contributed by atoms with Crippen molar-refractivity contribution < 1.29 is 14.3 Å². The van der Waals surface area contributed by atoms with Crippen LogP contribution in [0.3, 0.4) is 0 Å². The highest BCUT2D eigenvalue weighted by atomic mass is 16.5. The van der Waals surface area contributed by atoms with Gasteiger partial charge in [0.05, 0.1) is 5.69 Å². The van der Waals surface area contributed by atoms with Crippen LogP contribution in [-0.2, 0) is 4.74 Å². The molecule has 0 spiro atoms. The Kier molecular flexibility index (Phi) is 5.47. The highest BCUT2D eigenvalue weighted by Gasteiger charge is 2.34. The van der Waals surface area contributed by atoms with E-state index in [1.807, 2.05) is 30.3 Å². The molecule has 1 aliphatic carbocycles. The minimum Gasteiger partial charge on any atom is -0.370 e. The highest BCUT2D eigenvalue weighted by Crippen LogP contribution is 2.41. The van der Waals surface area contributed by atoms with E-state index in [2.05, 4.69) is 17.2 Å². The highest BCUT2D eigenvalue weighted by molar-refractivity contribution is 6.00. The summed E-state index contributed by atoms with van der Waals surface area (Å²) in [6.07, 6.45) is 1.17. The molecule has 1 aromatic heterocycles. The lowest BCUT2D eigenvalue weighted by molar-refractivity contribution is 0.0955. The van der Waals surface area contributed by atoms with Gasteiger partial charge in [-0.3, -0.25) is 9.59 Å². The SMILES string of the molecule is CNC(=O)c1cc(C(=O)C[C@H]2C[C@@H]2C)cc(C(OC)c2ccccc2)n1. The summed E-state index contributed by atoms with van der Waals surface area (Å²) in [4.78, 5) is 29.3. The van der Waals surface area contributed by atoms with Gasteiger partial charge in [-0.1, -0.05) is 37.3 Å². The van der Waals surface area contributed by atoms with Gasteiger partial charge in [0.15, 0.2) is 5.78 Å². The Balaban J connectivity index is 1.98. The molecule has 3 rings (SSSR count). The molecule has 1 fully saturated rings. The van der Waals surface area contributed by atoms with Crippen LogP contribution in [0, 0.1) is 11.8 Å². The van der Waals surface area contributed by atoms with Gasteiger partial charge >= 0.3 is 0 Å². The zero-order valence-corrected chi connectivity index (χ0v) is 15.4. The third-order valence-corrected chi connectivity index (χ3v) is 4.96. The predicted molar refractivity (Wildman–Crippen MR) is 99.1 cm³/mol. The number of rotatable bonds is 7. The summed E-state index contributed by atoms with van der Waals surface area (Å²) in [5.74, 6) is 0.796. The van der Waals surface area contributed by atoms with Crippen molar-refractivity contribution >= 4 is 11.7 Å². The minimum atomic E-state index is -0.438. The zero-order chi connectivity index (χ0) is 18.7. The molecule has 1 N–H and O–H groups in total. The molecule has 1 saturated carbocycles. The molecular weight excluding hydrogens is 328 g/mol. The second-order valence-corrected chi connectivity index (χ2v) is 6.87. The molecule has 3 atom stereocenters. The maximum atomic E-state index is 12.7. The van der Waals surface area contributed by atoms with E-state index in [1.54, 1.807) is 26.3 Å². The molecule has 5 nitrogen and oxygen atoms in total. The molecule has 1 unspecified atom stereocenters. The number of methoxy groups -OCH3 is 1. The number of nitrogens with one attached hydrogen (secondary N) is 1. The summed E-state index contributed by atoms with van der Waals surface area (Å²) >= 11 is 0. The Morgan fingerprint density at radius 1 is 1.27 bits per heavy atom. The summed E-state index contributed by atoms with van der Waals surface area (Å²) in [6.45, 7) is 2.15. The van der Waals surface area contributed by atoms with Crippen molar-refractivity contribution in [3.63, 3.8) is 0 Å². The first kappa shape index (κ1) is 18.3. The zero-order valence-electron chi connectivity index (χ0n) is 15.4. The number of hydrogen-bond donors (Lipinski definition) is 1. The molecule has 0 bridgehead atoms. The smallest absolute Gasteiger partial charge is 0.269 e. The number of ether oxygens (including phenoxy) is 1. The van der Waals surface area contributed by atoms with Gasteiger partial charge in [-0.05, 0) is 36.0 Å². The second kappa shape index (κ2) is 7.79. The number of aromatic nitrogens is 1. The summed E-state index contributed by atoms with van der Waals surface area (Å²) in [7, 11) is 3.15. The average molecular weight is 352 g/mol. The van der Waals surface area contributed by atoms with Crippen molar-refractivity contribution in [1.82, 2.24) is 10.3 Å². The number of carbonyl (C=O) groups is 2. The first-order chi connectivity index (χ1) is 12.5. The third kappa shape index (κ3) is 3.99. The first-order valence-corrected chi connectivity index (χ1v) is 8.88. The van der Waals surface area contributed by atoms with Crippen LogP contribution in [0.25, 0.3) is 0 Å². The topological polar surface area (TPSA) is 68.3 Å². The molecule has 1 heterocycles. The van der Waals surface area contributed by atoms with Crippen LogP contribution in [0.15, 0.2) is 42.5 Å². The van der Waals surface area contributed by atoms with Crippen LogP contribution >= 0.6 is 0 Å². The number of Topliss-reactive ketones (excluding diaryl/α,β-unsaturated/α-hetero) is 1. The molecule has 0 aliphatic heterocycles. The fourth-order valence-corrected chi connectivity index (χ4v) is 3.19. The van der Waals surface area contributed by atoms with Gasteiger partial charge in [0.25, 0.3) is 5.91 Å². The largest absolute Gasteiger partial charge is 0.370 e. The molecule has 1 aliphatic rings. The number of ketones is 1. The van der Waals surface area contributed by atoms with E-state index in [0.717, 1.165) is 12.0 Å². The van der Waals surface area contributed by atoms with Crippen LogP contribution < -0.4 is 5.32 Å². The van der Waals surface area contributed by atoms with Gasteiger partial charge in [-0.25, -0.2) is 4.98 Å². The average Bonchev–Trinajstić information content (AvgIpc) is 3.36. The Morgan fingerprint density at radius 3 is 2.54 bits per heavy atom. The maximum Gasteiger partial charge on any atom is 0.269 e. The summed E-state index contributed by atoms with van der Waals surface area (Å²) in [5.41, 5.74) is 2.23. The second-order valence-electron chi connectivity index (χ2n) is 6.87. The number of nitrogens with zero attached hydrogens (tertiary/aromatic N) is 1. The fourth-order valence-electron chi connectivity index (χ4n) is 3.19. The molecule has 26 heavy (non-hydrogen) atoms. The van der Waals surface area contributed by atoms with Crippen LogP contribution in [0.5, 0.6) is 0 Å². The predicted octanol–water partition coefficient (Wildman–Crippen LogP) is 3.41. The van der Waals surface area contributed by atoms with Gasteiger partial charge in [-0.15, -0.1) is 0 Å². The van der Waals surface area contributed by atoms with E-state index in [-0.39, 0.29) is 17.4 Å².